The van der Waals surface area contributed by atoms with E-state index in [-0.39, 0.29) is 18.0 Å². The highest BCUT2D eigenvalue weighted by Gasteiger charge is 2.35. The fraction of sp³-hybridized carbons (Fsp3) is 0.462. The van der Waals surface area contributed by atoms with Gasteiger partial charge in [0.05, 0.1) is 22.5 Å². The molecule has 2 rings (SSSR count). The number of nitrogens with zero attached hydrogens (tertiary/aromatic N) is 2. The third kappa shape index (κ3) is 8.62. The smallest absolute Gasteiger partial charge is 0.354 e. The summed E-state index contributed by atoms with van der Waals surface area (Å²) in [6.45, 7) is 5.14. The van der Waals surface area contributed by atoms with Gasteiger partial charge in [-0.25, -0.2) is 8.42 Å². The lowest BCUT2D eigenvalue weighted by atomic mass is 10.1. The third-order valence-corrected chi connectivity index (χ3v) is 7.36. The van der Waals surface area contributed by atoms with Crippen LogP contribution in [0.3, 0.4) is 0 Å². The number of anilines is 1. The molecule has 7 nitrogen and oxygen atoms in total. The molecule has 0 aliphatic heterocycles. The van der Waals surface area contributed by atoms with Crippen molar-refractivity contribution in [3.63, 3.8) is 0 Å². The van der Waals surface area contributed by atoms with E-state index in [1.165, 1.54) is 4.90 Å². The molecular weight excluding hydrogens is 543 g/mol. The second-order valence-electron chi connectivity index (χ2n) is 9.01. The summed E-state index contributed by atoms with van der Waals surface area (Å²) < 4.78 is 66.0. The summed E-state index contributed by atoms with van der Waals surface area (Å²) in [5.74, 6) is -1.16. The molecule has 0 unspecified atom stereocenters. The van der Waals surface area contributed by atoms with E-state index in [9.17, 15) is 31.2 Å². The maximum atomic E-state index is 13.6. The third-order valence-electron chi connectivity index (χ3n) is 5.91. The molecular formula is C26H33ClF3N3O4S. The maximum absolute atomic E-state index is 13.6. The van der Waals surface area contributed by atoms with Crippen molar-refractivity contribution in [2.45, 2.75) is 58.8 Å². The predicted molar refractivity (Wildman–Crippen MR) is 142 cm³/mol. The van der Waals surface area contributed by atoms with E-state index in [0.29, 0.717) is 22.5 Å². The number of hydrogen-bond acceptors (Lipinski definition) is 4. The molecule has 0 fully saturated rings. The van der Waals surface area contributed by atoms with Gasteiger partial charge in [-0.2, -0.15) is 13.2 Å². The molecule has 12 heteroatoms. The topological polar surface area (TPSA) is 86.8 Å². The van der Waals surface area contributed by atoms with E-state index >= 15 is 0 Å². The van der Waals surface area contributed by atoms with E-state index in [2.05, 4.69) is 5.32 Å². The van der Waals surface area contributed by atoms with Crippen LogP contribution in [-0.4, -0.2) is 50.5 Å². The van der Waals surface area contributed by atoms with Gasteiger partial charge in [-0.15, -0.1) is 0 Å². The molecule has 38 heavy (non-hydrogen) atoms. The Balaban J connectivity index is 2.50. The Kier molecular flexibility index (Phi) is 11.0. The summed E-state index contributed by atoms with van der Waals surface area (Å²) in [7, 11) is -4.25. The van der Waals surface area contributed by atoms with Crippen LogP contribution in [0.5, 0.6) is 0 Å². The first-order chi connectivity index (χ1) is 17.7. The molecule has 210 valence electrons. The van der Waals surface area contributed by atoms with Gasteiger partial charge < -0.3 is 10.2 Å². The van der Waals surface area contributed by atoms with Crippen LogP contribution in [0.2, 0.25) is 5.02 Å². The number of rotatable bonds is 12. The summed E-state index contributed by atoms with van der Waals surface area (Å²) in [6, 6.07) is 8.57. The number of carbonyl (C=O) groups excluding carboxylic acids is 2. The Labute approximate surface area is 227 Å². The molecule has 0 heterocycles. The highest BCUT2D eigenvalue weighted by molar-refractivity contribution is 7.92. The molecule has 0 saturated carbocycles. The van der Waals surface area contributed by atoms with Crippen LogP contribution < -0.4 is 9.62 Å². The molecule has 0 radical (unpaired) electrons. The summed E-state index contributed by atoms with van der Waals surface area (Å²) >= 11 is 6.10. The summed E-state index contributed by atoms with van der Waals surface area (Å²) in [5.41, 5.74) is 0.0921. The Morgan fingerprint density at radius 1 is 1.08 bits per heavy atom. The number of halogens is 4. The number of aryl methyl sites for hydroxylation is 1. The minimum atomic E-state index is -4.76. The number of benzene rings is 2. The first-order valence-corrected chi connectivity index (χ1v) is 14.4. The van der Waals surface area contributed by atoms with Crippen molar-refractivity contribution in [1.82, 2.24) is 10.2 Å². The zero-order chi connectivity index (χ0) is 28.7. The van der Waals surface area contributed by atoms with Crippen LogP contribution in [0.4, 0.5) is 18.9 Å². The zero-order valence-electron chi connectivity index (χ0n) is 21.8. The Morgan fingerprint density at radius 3 is 2.24 bits per heavy atom. The monoisotopic (exact) mass is 575 g/mol. The Bertz CT molecular complexity index is 1220. The van der Waals surface area contributed by atoms with Crippen LogP contribution in [0.25, 0.3) is 0 Å². The van der Waals surface area contributed by atoms with Gasteiger partial charge in [0.2, 0.25) is 21.8 Å². The molecule has 0 aromatic heterocycles. The van der Waals surface area contributed by atoms with E-state index in [4.69, 9.17) is 11.6 Å². The van der Waals surface area contributed by atoms with Crippen LogP contribution >= 0.6 is 11.6 Å². The Morgan fingerprint density at radius 2 is 1.71 bits per heavy atom. The average Bonchev–Trinajstić information content (AvgIpc) is 2.82. The van der Waals surface area contributed by atoms with Crippen molar-refractivity contribution in [3.8, 4) is 0 Å². The molecule has 2 amide bonds. The summed E-state index contributed by atoms with van der Waals surface area (Å²) in [4.78, 5) is 27.9. The van der Waals surface area contributed by atoms with E-state index in [0.717, 1.165) is 36.8 Å². The predicted octanol–water partition coefficient (Wildman–Crippen LogP) is 5.16. The van der Waals surface area contributed by atoms with Gasteiger partial charge in [0, 0.05) is 13.1 Å². The van der Waals surface area contributed by atoms with Gasteiger partial charge in [0.25, 0.3) is 0 Å². The second-order valence-corrected chi connectivity index (χ2v) is 11.3. The molecule has 0 spiro atoms. The van der Waals surface area contributed by atoms with Crippen LogP contribution in [-0.2, 0) is 32.3 Å². The van der Waals surface area contributed by atoms with Crippen molar-refractivity contribution in [1.29, 1.82) is 0 Å². The SMILES string of the molecule is CCCCNC(=O)[C@H](CC)N(Cc1ccc(C)cc1)C(=O)CN(c1cc(C(F)(F)F)ccc1Cl)S(C)(=O)=O. The number of alkyl halides is 3. The molecule has 0 bridgehead atoms. The molecule has 0 aliphatic carbocycles. The van der Waals surface area contributed by atoms with Crippen molar-refractivity contribution < 1.29 is 31.2 Å². The fourth-order valence-corrected chi connectivity index (χ4v) is 4.91. The minimum absolute atomic E-state index is 0.00720. The van der Waals surface area contributed by atoms with Crippen molar-refractivity contribution in [2.24, 2.45) is 0 Å². The fourth-order valence-electron chi connectivity index (χ4n) is 3.79. The van der Waals surface area contributed by atoms with Gasteiger partial charge >= 0.3 is 6.18 Å². The summed E-state index contributed by atoms with van der Waals surface area (Å²) in [5, 5.41) is 2.53. The molecule has 0 aliphatic rings. The molecule has 0 saturated heterocycles. The van der Waals surface area contributed by atoms with Gasteiger partial charge in [0.1, 0.15) is 12.6 Å². The largest absolute Gasteiger partial charge is 0.416 e. The number of carbonyl (C=O) groups is 2. The molecule has 2 aromatic carbocycles. The highest BCUT2D eigenvalue weighted by Crippen LogP contribution is 2.36. The number of nitrogens with one attached hydrogen (secondary N) is 1. The standard InChI is InChI=1S/C26H33ClF3N3O4S/c1-5-7-14-31-25(35)22(6-2)32(16-19-10-8-18(3)9-11-19)24(34)17-33(38(4,36)37)23-15-20(26(28,29)30)12-13-21(23)27/h8-13,15,22H,5-7,14,16-17H2,1-4H3,(H,31,35)/t22-/m0/s1. The van der Waals surface area contributed by atoms with Gasteiger partial charge in [0.15, 0.2) is 0 Å². The molecule has 2 aromatic rings. The van der Waals surface area contributed by atoms with Crippen LogP contribution in [0, 0.1) is 6.92 Å². The van der Waals surface area contributed by atoms with E-state index in [1.807, 2.05) is 26.0 Å². The number of hydrogen-bond donors (Lipinski definition) is 1. The number of amides is 2. The second kappa shape index (κ2) is 13.3. The number of sulfonamides is 1. The Hall–Kier alpha value is -2.79. The van der Waals surface area contributed by atoms with Crippen LogP contribution in [0.1, 0.15) is 49.8 Å². The van der Waals surface area contributed by atoms with Crippen molar-refractivity contribution >= 4 is 39.1 Å². The lowest BCUT2D eigenvalue weighted by Crippen LogP contribution is -2.52. The van der Waals surface area contributed by atoms with E-state index in [1.54, 1.807) is 19.1 Å². The van der Waals surface area contributed by atoms with E-state index < -0.39 is 51.9 Å². The molecule has 1 N–H and O–H groups in total. The van der Waals surface area contributed by atoms with Crippen molar-refractivity contribution in [3.05, 3.63) is 64.2 Å². The number of unbranched alkanes of at least 4 members (excludes halogenated alkanes) is 1. The van der Waals surface area contributed by atoms with Gasteiger partial charge in [-0.1, -0.05) is 61.7 Å². The first kappa shape index (κ1) is 31.4. The average molecular weight is 576 g/mol. The highest BCUT2D eigenvalue weighted by atomic mass is 35.5. The quantitative estimate of drug-likeness (QED) is 0.354. The lowest BCUT2D eigenvalue weighted by Gasteiger charge is -2.33. The normalized spacial score (nSPS) is 12.6. The van der Waals surface area contributed by atoms with Crippen molar-refractivity contribution in [2.75, 3.05) is 23.7 Å². The van der Waals surface area contributed by atoms with Gasteiger partial charge in [-0.05, 0) is 43.5 Å². The zero-order valence-corrected chi connectivity index (χ0v) is 23.4. The minimum Gasteiger partial charge on any atom is -0.354 e. The van der Waals surface area contributed by atoms with Gasteiger partial charge in [-0.3, -0.25) is 13.9 Å². The lowest BCUT2D eigenvalue weighted by molar-refractivity contribution is -0.140. The first-order valence-electron chi connectivity index (χ1n) is 12.2. The maximum Gasteiger partial charge on any atom is 0.416 e. The summed E-state index contributed by atoms with van der Waals surface area (Å²) in [6.07, 6.45) is -2.16. The van der Waals surface area contributed by atoms with Crippen LogP contribution in [0.15, 0.2) is 42.5 Å². The molecule has 1 atom stereocenters.